The summed E-state index contributed by atoms with van der Waals surface area (Å²) in [7, 11) is 3.51. The number of benzene rings is 1. The number of thiophene rings is 1. The first-order chi connectivity index (χ1) is 12.0. The van der Waals surface area contributed by atoms with E-state index in [1.807, 2.05) is 54.8 Å². The Kier molecular flexibility index (Phi) is 4.76. The number of hydrogen-bond donors (Lipinski definition) is 1. The smallest absolute Gasteiger partial charge is 0.322 e. The van der Waals surface area contributed by atoms with Crippen molar-refractivity contribution in [1.82, 2.24) is 14.3 Å². The molecule has 0 aliphatic carbocycles. The zero-order valence-corrected chi connectivity index (χ0v) is 15.2. The zero-order valence-electron chi connectivity index (χ0n) is 14.4. The van der Waals surface area contributed by atoms with Gasteiger partial charge >= 0.3 is 6.03 Å². The maximum absolute atomic E-state index is 12.8. The molecule has 6 nitrogen and oxygen atoms in total. The number of nitrogens with zero attached hydrogens (tertiary/aromatic N) is 3. The van der Waals surface area contributed by atoms with Gasteiger partial charge in [-0.1, -0.05) is 24.3 Å². The van der Waals surface area contributed by atoms with E-state index in [1.54, 1.807) is 39.7 Å². The van der Waals surface area contributed by atoms with E-state index >= 15 is 0 Å². The van der Waals surface area contributed by atoms with E-state index in [4.69, 9.17) is 0 Å². The van der Waals surface area contributed by atoms with Gasteiger partial charge < -0.3 is 10.2 Å². The van der Waals surface area contributed by atoms with Crippen molar-refractivity contribution in [2.45, 2.75) is 13.5 Å². The van der Waals surface area contributed by atoms with Crippen LogP contribution >= 0.6 is 11.3 Å². The lowest BCUT2D eigenvalue weighted by molar-refractivity contribution is 0.221. The van der Waals surface area contributed by atoms with E-state index < -0.39 is 0 Å². The van der Waals surface area contributed by atoms with Gasteiger partial charge in [0, 0.05) is 19.0 Å². The Hall–Kier alpha value is -2.80. The number of rotatable bonds is 4. The molecule has 0 aliphatic rings. The molecule has 0 saturated heterocycles. The summed E-state index contributed by atoms with van der Waals surface area (Å²) < 4.78 is 3.29. The predicted octanol–water partition coefficient (Wildman–Crippen LogP) is 3.21. The second-order valence-electron chi connectivity index (χ2n) is 5.80. The van der Waals surface area contributed by atoms with E-state index in [-0.39, 0.29) is 11.6 Å². The molecule has 3 rings (SSSR count). The first-order valence-corrected chi connectivity index (χ1v) is 8.75. The second-order valence-corrected chi connectivity index (χ2v) is 6.83. The number of hydrogen-bond acceptors (Lipinski definition) is 3. The van der Waals surface area contributed by atoms with Crippen molar-refractivity contribution in [3.05, 3.63) is 68.8 Å². The molecule has 0 saturated carbocycles. The van der Waals surface area contributed by atoms with Gasteiger partial charge in [0.05, 0.1) is 17.9 Å². The summed E-state index contributed by atoms with van der Waals surface area (Å²) in [5.74, 6) is 0. The minimum atomic E-state index is -0.306. The third kappa shape index (κ3) is 3.36. The molecule has 1 aromatic carbocycles. The Bertz CT molecular complexity index is 926. The van der Waals surface area contributed by atoms with E-state index in [9.17, 15) is 9.59 Å². The summed E-state index contributed by atoms with van der Waals surface area (Å²) in [5.41, 5.74) is 1.51. The topological polar surface area (TPSA) is 59.3 Å². The van der Waals surface area contributed by atoms with Crippen LogP contribution in [0.4, 0.5) is 10.5 Å². The molecular formula is C18H20N4O2S. The molecule has 0 fully saturated rings. The molecule has 130 valence electrons. The van der Waals surface area contributed by atoms with Crippen molar-refractivity contribution in [1.29, 1.82) is 0 Å². The maximum Gasteiger partial charge on any atom is 0.322 e. The van der Waals surface area contributed by atoms with E-state index in [1.165, 1.54) is 0 Å². The van der Waals surface area contributed by atoms with Gasteiger partial charge in [-0.2, -0.15) is 0 Å². The van der Waals surface area contributed by atoms with Crippen LogP contribution in [0.15, 0.2) is 52.6 Å². The zero-order chi connectivity index (χ0) is 18.0. The average molecular weight is 356 g/mol. The van der Waals surface area contributed by atoms with Gasteiger partial charge in [-0.3, -0.25) is 9.48 Å². The monoisotopic (exact) mass is 356 g/mol. The fraction of sp³-hybridized carbons (Fsp3) is 0.222. The van der Waals surface area contributed by atoms with Crippen molar-refractivity contribution in [3.63, 3.8) is 0 Å². The fourth-order valence-corrected chi connectivity index (χ4v) is 3.38. The van der Waals surface area contributed by atoms with Crippen LogP contribution in [0.5, 0.6) is 0 Å². The van der Waals surface area contributed by atoms with Gasteiger partial charge in [0.15, 0.2) is 0 Å². The number of nitrogens with one attached hydrogen (secondary N) is 1. The quantitative estimate of drug-likeness (QED) is 0.780. The summed E-state index contributed by atoms with van der Waals surface area (Å²) in [6.45, 7) is 2.32. The lowest BCUT2D eigenvalue weighted by atomic mass is 10.3. The van der Waals surface area contributed by atoms with Gasteiger partial charge in [0.25, 0.3) is 5.56 Å². The lowest BCUT2D eigenvalue weighted by Crippen LogP contribution is -2.32. The number of para-hydroxylation sites is 1. The Morgan fingerprint density at radius 2 is 1.92 bits per heavy atom. The number of anilines is 1. The molecule has 0 aliphatic heterocycles. The largest absolute Gasteiger partial charge is 0.322 e. The van der Waals surface area contributed by atoms with Crippen LogP contribution in [0.3, 0.4) is 0 Å². The fourth-order valence-electron chi connectivity index (χ4n) is 2.62. The molecule has 7 heteroatoms. The SMILES string of the molecule is Cc1c(NC(=O)N(C)Cc2cccs2)c(=O)n(-c2ccccc2)n1C. The standard InChI is InChI=1S/C18H20N4O2S/c1-13-16(19-18(24)20(2)12-15-10-7-11-25-15)17(23)22(21(13)3)14-8-5-4-6-9-14/h4-11H,12H2,1-3H3,(H,19,24). The summed E-state index contributed by atoms with van der Waals surface area (Å²) in [6.07, 6.45) is 0. The first kappa shape index (κ1) is 17.0. The Balaban J connectivity index is 1.86. The molecule has 0 spiro atoms. The number of urea groups is 1. The minimum Gasteiger partial charge on any atom is -0.322 e. The highest BCUT2D eigenvalue weighted by Crippen LogP contribution is 2.15. The van der Waals surface area contributed by atoms with Gasteiger partial charge in [-0.05, 0) is 30.5 Å². The predicted molar refractivity (Wildman–Crippen MR) is 101 cm³/mol. The first-order valence-electron chi connectivity index (χ1n) is 7.87. The van der Waals surface area contributed by atoms with Gasteiger partial charge in [0.2, 0.25) is 0 Å². The molecular weight excluding hydrogens is 336 g/mol. The van der Waals surface area contributed by atoms with Gasteiger partial charge in [-0.15, -0.1) is 11.3 Å². The number of carbonyl (C=O) groups excluding carboxylic acids is 1. The second kappa shape index (κ2) is 6.98. The van der Waals surface area contributed by atoms with Crippen molar-refractivity contribution >= 4 is 23.1 Å². The van der Waals surface area contributed by atoms with E-state index in [2.05, 4.69) is 5.32 Å². The lowest BCUT2D eigenvalue weighted by Gasteiger charge is -2.16. The molecule has 3 aromatic rings. The number of amides is 2. The highest BCUT2D eigenvalue weighted by Gasteiger charge is 2.19. The van der Waals surface area contributed by atoms with Crippen LogP contribution in [0.25, 0.3) is 5.69 Å². The van der Waals surface area contributed by atoms with Gasteiger partial charge in [-0.25, -0.2) is 9.48 Å². The van der Waals surface area contributed by atoms with Crippen LogP contribution in [-0.4, -0.2) is 27.3 Å². The van der Waals surface area contributed by atoms with Crippen LogP contribution < -0.4 is 10.9 Å². The molecule has 2 heterocycles. The average Bonchev–Trinajstić information content (AvgIpc) is 3.18. The van der Waals surface area contributed by atoms with E-state index in [0.717, 1.165) is 10.6 Å². The number of carbonyl (C=O) groups is 1. The Morgan fingerprint density at radius 3 is 2.56 bits per heavy atom. The molecule has 0 unspecified atom stereocenters. The van der Waals surface area contributed by atoms with Crippen LogP contribution in [0.2, 0.25) is 0 Å². The normalized spacial score (nSPS) is 10.7. The van der Waals surface area contributed by atoms with Crippen molar-refractivity contribution in [2.75, 3.05) is 12.4 Å². The van der Waals surface area contributed by atoms with Gasteiger partial charge in [0.1, 0.15) is 5.69 Å². The summed E-state index contributed by atoms with van der Waals surface area (Å²) in [4.78, 5) is 27.9. The van der Waals surface area contributed by atoms with Crippen molar-refractivity contribution in [3.8, 4) is 5.69 Å². The third-order valence-corrected chi connectivity index (χ3v) is 4.97. The minimum absolute atomic E-state index is 0.246. The van der Waals surface area contributed by atoms with Crippen LogP contribution in [0.1, 0.15) is 10.6 Å². The molecule has 0 bridgehead atoms. The maximum atomic E-state index is 12.8. The molecule has 1 N–H and O–H groups in total. The highest BCUT2D eigenvalue weighted by atomic mass is 32.1. The van der Waals surface area contributed by atoms with Crippen molar-refractivity contribution < 1.29 is 4.79 Å². The van der Waals surface area contributed by atoms with Crippen LogP contribution in [-0.2, 0) is 13.6 Å². The Morgan fingerprint density at radius 1 is 1.20 bits per heavy atom. The highest BCUT2D eigenvalue weighted by molar-refractivity contribution is 7.09. The molecule has 0 atom stereocenters. The van der Waals surface area contributed by atoms with E-state index in [0.29, 0.717) is 17.9 Å². The number of aromatic nitrogens is 2. The van der Waals surface area contributed by atoms with Crippen molar-refractivity contribution in [2.24, 2.45) is 7.05 Å². The molecule has 2 aromatic heterocycles. The summed E-state index contributed by atoms with van der Waals surface area (Å²) in [5, 5.41) is 4.73. The third-order valence-electron chi connectivity index (χ3n) is 4.11. The summed E-state index contributed by atoms with van der Waals surface area (Å²) >= 11 is 1.59. The Labute approximate surface area is 149 Å². The summed E-state index contributed by atoms with van der Waals surface area (Å²) in [6, 6.07) is 13.0. The van der Waals surface area contributed by atoms with Crippen LogP contribution in [0, 0.1) is 6.92 Å². The molecule has 25 heavy (non-hydrogen) atoms. The molecule has 2 amide bonds. The molecule has 0 radical (unpaired) electrons.